The Balaban J connectivity index is 1.64. The third-order valence-electron chi connectivity index (χ3n) is 6.32. The fourth-order valence-corrected chi connectivity index (χ4v) is 4.24. The van der Waals surface area contributed by atoms with Gasteiger partial charge in [0.25, 0.3) is 5.91 Å². The van der Waals surface area contributed by atoms with Crippen molar-refractivity contribution in [2.24, 2.45) is 0 Å². The first-order chi connectivity index (χ1) is 17.0. The van der Waals surface area contributed by atoms with Crippen molar-refractivity contribution >= 4 is 23.4 Å². The standard InChI is InChI=1S/C28H30N4O3/c1-19(29-2)26(33)31-25(21-13-7-4-8-14-21)28(35)32-23-16-10-9-15-22(23)17-24(32)27(34)30-18-20-11-5-3-6-12-20/h3-16,19,24-25,29H,17-18H2,1-2H3,(H,30,34)(H,31,33)/t19-,24?,25?/m0/s1. The van der Waals surface area contributed by atoms with Crippen molar-refractivity contribution in [2.45, 2.75) is 38.0 Å². The van der Waals surface area contributed by atoms with Crippen LogP contribution in [-0.4, -0.2) is 36.9 Å². The molecule has 0 spiro atoms. The lowest BCUT2D eigenvalue weighted by Gasteiger charge is -2.30. The van der Waals surface area contributed by atoms with Gasteiger partial charge in [0.05, 0.1) is 6.04 Å². The third-order valence-corrected chi connectivity index (χ3v) is 6.32. The van der Waals surface area contributed by atoms with Gasteiger partial charge >= 0.3 is 0 Å². The third kappa shape index (κ3) is 5.41. The first-order valence-corrected chi connectivity index (χ1v) is 11.7. The molecule has 0 aromatic heterocycles. The molecule has 35 heavy (non-hydrogen) atoms. The molecule has 1 aliphatic heterocycles. The smallest absolute Gasteiger partial charge is 0.254 e. The van der Waals surface area contributed by atoms with Crippen LogP contribution < -0.4 is 20.9 Å². The molecule has 180 valence electrons. The van der Waals surface area contributed by atoms with Crippen LogP contribution in [0.15, 0.2) is 84.9 Å². The summed E-state index contributed by atoms with van der Waals surface area (Å²) in [7, 11) is 1.69. The molecule has 0 saturated carbocycles. The van der Waals surface area contributed by atoms with Gasteiger partial charge in [-0.2, -0.15) is 0 Å². The number of hydrogen-bond donors (Lipinski definition) is 3. The van der Waals surface area contributed by atoms with Gasteiger partial charge < -0.3 is 16.0 Å². The minimum absolute atomic E-state index is 0.236. The van der Waals surface area contributed by atoms with Crippen molar-refractivity contribution in [1.29, 1.82) is 0 Å². The van der Waals surface area contributed by atoms with Crippen LogP contribution >= 0.6 is 0 Å². The maximum absolute atomic E-state index is 14.1. The number of nitrogens with zero attached hydrogens (tertiary/aromatic N) is 1. The van der Waals surface area contributed by atoms with Gasteiger partial charge in [-0.1, -0.05) is 78.9 Å². The molecule has 0 radical (unpaired) electrons. The van der Waals surface area contributed by atoms with Crippen LogP contribution in [0.1, 0.15) is 29.7 Å². The quantitative estimate of drug-likeness (QED) is 0.472. The summed E-state index contributed by atoms with van der Waals surface area (Å²) in [5.41, 5.74) is 3.24. The van der Waals surface area contributed by atoms with Gasteiger partial charge in [-0.15, -0.1) is 0 Å². The molecular weight excluding hydrogens is 440 g/mol. The molecule has 7 heteroatoms. The lowest BCUT2D eigenvalue weighted by molar-refractivity contribution is -0.130. The minimum Gasteiger partial charge on any atom is -0.350 e. The number of anilines is 1. The van der Waals surface area contributed by atoms with Crippen LogP contribution in [0.25, 0.3) is 0 Å². The van der Waals surface area contributed by atoms with Gasteiger partial charge in [-0.05, 0) is 36.7 Å². The average Bonchev–Trinajstić information content (AvgIpc) is 3.30. The number of carbonyl (C=O) groups excluding carboxylic acids is 3. The number of para-hydroxylation sites is 1. The lowest BCUT2D eigenvalue weighted by atomic mass is 10.0. The zero-order valence-electron chi connectivity index (χ0n) is 19.9. The summed E-state index contributed by atoms with van der Waals surface area (Å²) in [4.78, 5) is 41.7. The summed E-state index contributed by atoms with van der Waals surface area (Å²) in [6.07, 6.45) is 0.408. The van der Waals surface area contributed by atoms with E-state index in [4.69, 9.17) is 0 Å². The van der Waals surface area contributed by atoms with E-state index in [1.807, 2.05) is 72.8 Å². The van der Waals surface area contributed by atoms with Gasteiger partial charge in [0.2, 0.25) is 11.8 Å². The summed E-state index contributed by atoms with van der Waals surface area (Å²) in [5, 5.41) is 8.77. The number of fused-ring (bicyclic) bond motifs is 1. The van der Waals surface area contributed by atoms with E-state index in [9.17, 15) is 14.4 Å². The van der Waals surface area contributed by atoms with E-state index in [1.165, 1.54) is 4.90 Å². The highest BCUT2D eigenvalue weighted by Gasteiger charge is 2.41. The number of rotatable bonds is 8. The molecule has 3 amide bonds. The van der Waals surface area contributed by atoms with Crippen molar-refractivity contribution < 1.29 is 14.4 Å². The van der Waals surface area contributed by atoms with Gasteiger partial charge in [-0.3, -0.25) is 19.3 Å². The average molecular weight is 471 g/mol. The first-order valence-electron chi connectivity index (χ1n) is 11.7. The van der Waals surface area contributed by atoms with E-state index in [0.717, 1.165) is 11.1 Å². The van der Waals surface area contributed by atoms with Gasteiger partial charge in [0.15, 0.2) is 0 Å². The Hall–Kier alpha value is -3.97. The van der Waals surface area contributed by atoms with Crippen molar-refractivity contribution in [1.82, 2.24) is 16.0 Å². The van der Waals surface area contributed by atoms with Gasteiger partial charge in [0.1, 0.15) is 12.1 Å². The minimum atomic E-state index is -0.935. The van der Waals surface area contributed by atoms with E-state index in [2.05, 4.69) is 16.0 Å². The fraction of sp³-hybridized carbons (Fsp3) is 0.250. The van der Waals surface area contributed by atoms with Crippen LogP contribution in [-0.2, 0) is 27.3 Å². The molecule has 3 atom stereocenters. The monoisotopic (exact) mass is 470 g/mol. The Morgan fingerprint density at radius 1 is 0.914 bits per heavy atom. The molecule has 0 fully saturated rings. The van der Waals surface area contributed by atoms with Crippen molar-refractivity contribution in [3.8, 4) is 0 Å². The summed E-state index contributed by atoms with van der Waals surface area (Å²) < 4.78 is 0. The van der Waals surface area contributed by atoms with Crippen molar-refractivity contribution in [3.63, 3.8) is 0 Å². The number of benzene rings is 3. The van der Waals surface area contributed by atoms with Gasteiger partial charge in [0, 0.05) is 18.7 Å². The second-order valence-corrected chi connectivity index (χ2v) is 8.62. The van der Waals surface area contributed by atoms with E-state index >= 15 is 0 Å². The van der Waals surface area contributed by atoms with E-state index in [0.29, 0.717) is 24.2 Å². The molecule has 3 aromatic carbocycles. The summed E-state index contributed by atoms with van der Waals surface area (Å²) in [6, 6.07) is 24.1. The highest BCUT2D eigenvalue weighted by Crippen LogP contribution is 2.34. The van der Waals surface area contributed by atoms with Gasteiger partial charge in [-0.25, -0.2) is 0 Å². The largest absolute Gasteiger partial charge is 0.350 e. The molecule has 1 aliphatic rings. The molecule has 0 aliphatic carbocycles. The van der Waals surface area contributed by atoms with Crippen LogP contribution in [0.3, 0.4) is 0 Å². The normalized spacial score (nSPS) is 16.2. The van der Waals surface area contributed by atoms with E-state index in [1.54, 1.807) is 26.1 Å². The maximum atomic E-state index is 14.1. The second kappa shape index (κ2) is 11.0. The topological polar surface area (TPSA) is 90.5 Å². The lowest BCUT2D eigenvalue weighted by Crippen LogP contribution is -2.53. The van der Waals surface area contributed by atoms with Crippen LogP contribution in [0, 0.1) is 0 Å². The number of amides is 3. The molecule has 4 rings (SSSR count). The summed E-state index contributed by atoms with van der Waals surface area (Å²) in [5.74, 6) is -0.884. The van der Waals surface area contributed by atoms with E-state index in [-0.39, 0.29) is 17.7 Å². The molecule has 0 bridgehead atoms. The molecule has 0 saturated heterocycles. The van der Waals surface area contributed by atoms with E-state index < -0.39 is 18.1 Å². The molecular formula is C28H30N4O3. The highest BCUT2D eigenvalue weighted by atomic mass is 16.2. The van der Waals surface area contributed by atoms with Crippen LogP contribution in [0.5, 0.6) is 0 Å². The Labute approximate surface area is 205 Å². The zero-order chi connectivity index (χ0) is 24.8. The molecule has 1 heterocycles. The zero-order valence-corrected chi connectivity index (χ0v) is 19.9. The van der Waals surface area contributed by atoms with Crippen molar-refractivity contribution in [2.75, 3.05) is 11.9 Å². The van der Waals surface area contributed by atoms with Crippen LogP contribution in [0.2, 0.25) is 0 Å². The molecule has 3 aromatic rings. The first kappa shape index (κ1) is 24.2. The Kier molecular flexibility index (Phi) is 7.57. The Bertz CT molecular complexity index is 1180. The second-order valence-electron chi connectivity index (χ2n) is 8.62. The predicted molar refractivity (Wildman–Crippen MR) is 136 cm³/mol. The number of carbonyl (C=O) groups is 3. The summed E-state index contributed by atoms with van der Waals surface area (Å²) >= 11 is 0. The predicted octanol–water partition coefficient (Wildman–Crippen LogP) is 2.73. The molecule has 7 nitrogen and oxygen atoms in total. The Morgan fingerprint density at radius 3 is 2.23 bits per heavy atom. The fourth-order valence-electron chi connectivity index (χ4n) is 4.24. The highest BCUT2D eigenvalue weighted by molar-refractivity contribution is 6.07. The molecule has 2 unspecified atom stereocenters. The number of likely N-dealkylation sites (N-methyl/N-ethyl adjacent to an activating group) is 1. The molecule has 3 N–H and O–H groups in total. The maximum Gasteiger partial charge on any atom is 0.254 e. The number of hydrogen-bond acceptors (Lipinski definition) is 4. The van der Waals surface area contributed by atoms with Crippen molar-refractivity contribution in [3.05, 3.63) is 102 Å². The SMILES string of the molecule is CN[C@@H](C)C(=O)NC(C(=O)N1c2ccccc2CC1C(=O)NCc1ccccc1)c1ccccc1. The van der Waals surface area contributed by atoms with Crippen LogP contribution in [0.4, 0.5) is 5.69 Å². The Morgan fingerprint density at radius 2 is 1.54 bits per heavy atom. The summed E-state index contributed by atoms with van der Waals surface area (Å²) in [6.45, 7) is 2.10. The number of nitrogens with one attached hydrogen (secondary N) is 3.